The fourth-order valence-electron chi connectivity index (χ4n) is 5.77. The van der Waals surface area contributed by atoms with E-state index in [4.69, 9.17) is 0 Å². The van der Waals surface area contributed by atoms with Gasteiger partial charge in [-0.1, -0.05) is 115 Å². The topological polar surface area (TPSA) is 0 Å². The predicted octanol–water partition coefficient (Wildman–Crippen LogP) is 11.4. The van der Waals surface area contributed by atoms with Crippen LogP contribution in [0.5, 0.6) is 0 Å². The van der Waals surface area contributed by atoms with E-state index < -0.39 is 0 Å². The number of benzene rings is 2. The van der Waals surface area contributed by atoms with Crippen LogP contribution in [0.4, 0.5) is 0 Å². The van der Waals surface area contributed by atoms with E-state index in [0.717, 1.165) is 19.3 Å². The van der Waals surface area contributed by atoms with E-state index in [1.165, 1.54) is 63.7 Å². The monoisotopic (exact) mass is 596 g/mol. The molecular formula is C35H33BrS2. The molecule has 0 saturated carbocycles. The average molecular weight is 598 g/mol. The molecule has 38 heavy (non-hydrogen) atoms. The van der Waals surface area contributed by atoms with Crippen molar-refractivity contribution in [2.45, 2.75) is 51.9 Å². The Bertz CT molecular complexity index is 1610. The zero-order valence-electron chi connectivity index (χ0n) is 22.5. The molecule has 0 spiro atoms. The molecule has 3 heteroatoms. The maximum absolute atomic E-state index is 3.73. The summed E-state index contributed by atoms with van der Waals surface area (Å²) >= 11 is 7.53. The highest BCUT2D eigenvalue weighted by Crippen LogP contribution is 2.47. The number of aryl methyl sites for hydroxylation is 2. The number of hydrogen-bond donors (Lipinski definition) is 0. The second-order valence-electron chi connectivity index (χ2n) is 11.5. The minimum Gasteiger partial charge on any atom is -0.136 e. The third-order valence-corrected chi connectivity index (χ3v) is 11.1. The summed E-state index contributed by atoms with van der Waals surface area (Å²) < 4.78 is 1.40. The Hall–Kier alpha value is -2.33. The lowest BCUT2D eigenvalue weighted by molar-refractivity contribution is 0.464. The molecule has 0 saturated heterocycles. The van der Waals surface area contributed by atoms with E-state index in [9.17, 15) is 0 Å². The highest BCUT2D eigenvalue weighted by atomic mass is 79.9. The third-order valence-electron chi connectivity index (χ3n) is 7.97. The van der Waals surface area contributed by atoms with Crippen molar-refractivity contribution in [3.63, 3.8) is 0 Å². The van der Waals surface area contributed by atoms with E-state index >= 15 is 0 Å². The van der Waals surface area contributed by atoms with Crippen molar-refractivity contribution in [3.8, 4) is 0 Å². The molecule has 1 heterocycles. The molecule has 1 unspecified atom stereocenters. The fourth-order valence-corrected chi connectivity index (χ4v) is 8.44. The number of allylic oxidation sites excluding steroid dienone is 9. The van der Waals surface area contributed by atoms with Crippen LogP contribution in [0.2, 0.25) is 0 Å². The molecular weight excluding hydrogens is 564 g/mol. The largest absolute Gasteiger partial charge is 0.136 e. The van der Waals surface area contributed by atoms with Gasteiger partial charge in [0, 0.05) is 25.3 Å². The molecule has 0 amide bonds. The smallest absolute Gasteiger partial charge is 0.0352 e. The van der Waals surface area contributed by atoms with Gasteiger partial charge in [0.15, 0.2) is 0 Å². The van der Waals surface area contributed by atoms with Crippen molar-refractivity contribution < 1.29 is 0 Å². The molecule has 0 N–H and O–H groups in total. The standard InChI is InChI=1S/C35H33BrS2/c1-22-17-23(24-13-15-29-28-11-7-8-12-32(28)38-33(29)19-24)14-16-31(22)37-34(21-36)30-20-26(35(2,3)4)18-25-9-5-6-10-27(25)30/h5-12,14,16-17,19-21,25H,13,15,18H2,1-4H3. The molecule has 0 radical (unpaired) electrons. The molecule has 0 bridgehead atoms. The molecule has 192 valence electrons. The second-order valence-corrected chi connectivity index (χ2v) is 14.1. The summed E-state index contributed by atoms with van der Waals surface area (Å²) in [5.74, 6) is 0.456. The van der Waals surface area contributed by atoms with Crippen LogP contribution < -0.4 is 0 Å². The summed E-state index contributed by atoms with van der Waals surface area (Å²) in [6.45, 7) is 9.25. The summed E-state index contributed by atoms with van der Waals surface area (Å²) in [5.41, 5.74) is 10.1. The van der Waals surface area contributed by atoms with Crippen LogP contribution in [0.25, 0.3) is 21.7 Å². The number of fused-ring (bicyclic) bond motifs is 4. The predicted molar refractivity (Wildman–Crippen MR) is 173 cm³/mol. The van der Waals surface area contributed by atoms with Gasteiger partial charge in [0.05, 0.1) is 0 Å². The van der Waals surface area contributed by atoms with E-state index in [2.05, 4.69) is 128 Å². The van der Waals surface area contributed by atoms with Crippen molar-refractivity contribution in [2.75, 3.05) is 0 Å². The van der Waals surface area contributed by atoms with Crippen LogP contribution in [0.15, 0.2) is 104 Å². The molecule has 0 nitrogen and oxygen atoms in total. The van der Waals surface area contributed by atoms with Gasteiger partial charge < -0.3 is 0 Å². The maximum Gasteiger partial charge on any atom is 0.0352 e. The van der Waals surface area contributed by atoms with Crippen molar-refractivity contribution in [1.29, 1.82) is 0 Å². The summed E-state index contributed by atoms with van der Waals surface area (Å²) in [5, 5.41) is 1.44. The Morgan fingerprint density at radius 1 is 1.05 bits per heavy atom. The van der Waals surface area contributed by atoms with Gasteiger partial charge in [0.25, 0.3) is 0 Å². The van der Waals surface area contributed by atoms with Gasteiger partial charge in [-0.2, -0.15) is 0 Å². The quantitative estimate of drug-likeness (QED) is 0.270. The van der Waals surface area contributed by atoms with Crippen molar-refractivity contribution in [3.05, 3.63) is 121 Å². The number of thioether (sulfide) groups is 1. The zero-order chi connectivity index (χ0) is 26.4. The summed E-state index contributed by atoms with van der Waals surface area (Å²) in [4.78, 5) is 6.14. The van der Waals surface area contributed by atoms with Crippen LogP contribution in [-0.2, 0) is 6.42 Å². The van der Waals surface area contributed by atoms with E-state index in [-0.39, 0.29) is 5.41 Å². The van der Waals surface area contributed by atoms with E-state index in [1.54, 1.807) is 0 Å². The third kappa shape index (κ3) is 4.90. The summed E-state index contributed by atoms with van der Waals surface area (Å²) in [6, 6.07) is 15.9. The lowest BCUT2D eigenvalue weighted by Gasteiger charge is -2.33. The molecule has 6 rings (SSSR count). The maximum atomic E-state index is 3.73. The number of halogens is 1. The van der Waals surface area contributed by atoms with Crippen LogP contribution in [0, 0.1) is 18.3 Å². The minimum absolute atomic E-state index is 0.160. The Balaban J connectivity index is 1.30. The van der Waals surface area contributed by atoms with Gasteiger partial charge in [-0.25, -0.2) is 0 Å². The van der Waals surface area contributed by atoms with Gasteiger partial charge in [0.2, 0.25) is 0 Å². The number of rotatable bonds is 4. The van der Waals surface area contributed by atoms with Crippen LogP contribution in [-0.4, -0.2) is 0 Å². The first-order valence-electron chi connectivity index (χ1n) is 13.4. The number of hydrogen-bond acceptors (Lipinski definition) is 2. The highest BCUT2D eigenvalue weighted by Gasteiger charge is 2.29. The van der Waals surface area contributed by atoms with Gasteiger partial charge in [-0.05, 0) is 93.6 Å². The zero-order valence-corrected chi connectivity index (χ0v) is 25.7. The Morgan fingerprint density at radius 3 is 2.68 bits per heavy atom. The van der Waals surface area contributed by atoms with Crippen molar-refractivity contribution in [1.82, 2.24) is 0 Å². The van der Waals surface area contributed by atoms with Crippen LogP contribution in [0.1, 0.15) is 55.2 Å². The van der Waals surface area contributed by atoms with Gasteiger partial charge in [0.1, 0.15) is 0 Å². The first-order chi connectivity index (χ1) is 18.3. The van der Waals surface area contributed by atoms with E-state index in [1.807, 2.05) is 23.1 Å². The Morgan fingerprint density at radius 2 is 1.89 bits per heavy atom. The SMILES string of the molecule is Cc1cc(C2=Cc3sc4ccccc4c3CC2)ccc1SC(=CBr)C1=C2C=CC=CC2CC(C(C)(C)C)=C1. The van der Waals surface area contributed by atoms with Gasteiger partial charge >= 0.3 is 0 Å². The Kier molecular flexibility index (Phi) is 7.05. The molecule has 3 aromatic rings. The molecule has 1 atom stereocenters. The fraction of sp³-hybridized carbons (Fsp3) is 0.257. The summed E-state index contributed by atoms with van der Waals surface area (Å²) in [7, 11) is 0. The first-order valence-corrected chi connectivity index (χ1v) is 16.0. The summed E-state index contributed by atoms with van der Waals surface area (Å²) in [6.07, 6.45) is 17.3. The highest BCUT2D eigenvalue weighted by molar-refractivity contribution is 9.11. The first kappa shape index (κ1) is 25.9. The molecule has 1 aromatic heterocycles. The van der Waals surface area contributed by atoms with Crippen molar-refractivity contribution in [2.24, 2.45) is 11.3 Å². The van der Waals surface area contributed by atoms with Gasteiger partial charge in [-0.15, -0.1) is 11.3 Å². The minimum atomic E-state index is 0.160. The lowest BCUT2D eigenvalue weighted by atomic mass is 9.73. The lowest BCUT2D eigenvalue weighted by Crippen LogP contribution is -2.19. The average Bonchev–Trinajstić information content (AvgIpc) is 3.29. The molecule has 3 aliphatic carbocycles. The molecule has 0 fully saturated rings. The normalized spacial score (nSPS) is 19.4. The van der Waals surface area contributed by atoms with E-state index in [0.29, 0.717) is 5.92 Å². The van der Waals surface area contributed by atoms with Crippen LogP contribution in [0.3, 0.4) is 0 Å². The van der Waals surface area contributed by atoms with Crippen molar-refractivity contribution >= 4 is 60.8 Å². The van der Waals surface area contributed by atoms with Gasteiger partial charge in [-0.3, -0.25) is 0 Å². The molecule has 0 aliphatic heterocycles. The Labute approximate surface area is 243 Å². The second kappa shape index (κ2) is 10.3. The number of thiophene rings is 1. The molecule has 3 aliphatic rings. The molecule has 2 aromatic carbocycles. The van der Waals surface area contributed by atoms with Crippen LogP contribution >= 0.6 is 39.0 Å².